The minimum Gasteiger partial charge on any atom is -0.392 e. The molecule has 0 saturated heterocycles. The van der Waals surface area contributed by atoms with E-state index < -0.39 is 28.4 Å². The number of aromatic nitrogens is 2. The van der Waals surface area contributed by atoms with Crippen LogP contribution < -0.4 is 0 Å². The minimum absolute atomic E-state index is 0.248. The predicted octanol–water partition coefficient (Wildman–Crippen LogP) is 5.53. The topological polar surface area (TPSA) is 92.4 Å². The zero-order valence-electron chi connectivity index (χ0n) is 19.4. The SMILES string of the molecule is CC(O)c1cn(-c2ccc(-c3cc(F)c(CO)c(S(C)(=O)=O)c3)cc2)c(Cc2ccc(Cl)cc2Cl)n1. The molecule has 0 fully saturated rings. The number of hydrogen-bond donors (Lipinski definition) is 2. The van der Waals surface area contributed by atoms with Crippen molar-refractivity contribution in [3.63, 3.8) is 0 Å². The molecule has 0 amide bonds. The van der Waals surface area contributed by atoms with Gasteiger partial charge in [0, 0.05) is 40.2 Å². The lowest BCUT2D eigenvalue weighted by Gasteiger charge is -2.12. The first-order valence-corrected chi connectivity index (χ1v) is 13.6. The molecule has 4 rings (SSSR count). The minimum atomic E-state index is -3.75. The highest BCUT2D eigenvalue weighted by Crippen LogP contribution is 2.30. The van der Waals surface area contributed by atoms with Crippen LogP contribution in [-0.4, -0.2) is 34.4 Å². The van der Waals surface area contributed by atoms with E-state index in [0.29, 0.717) is 39.1 Å². The van der Waals surface area contributed by atoms with Crippen molar-refractivity contribution in [2.75, 3.05) is 6.26 Å². The van der Waals surface area contributed by atoms with Crippen LogP contribution in [0.3, 0.4) is 0 Å². The van der Waals surface area contributed by atoms with Gasteiger partial charge in [0.05, 0.1) is 23.3 Å². The van der Waals surface area contributed by atoms with Crippen molar-refractivity contribution in [3.8, 4) is 16.8 Å². The Morgan fingerprint density at radius 3 is 2.33 bits per heavy atom. The Labute approximate surface area is 218 Å². The quantitative estimate of drug-likeness (QED) is 0.317. The molecule has 36 heavy (non-hydrogen) atoms. The van der Waals surface area contributed by atoms with Crippen LogP contribution in [0, 0.1) is 5.82 Å². The fraction of sp³-hybridized carbons (Fsp3) is 0.192. The Kier molecular flexibility index (Phi) is 7.54. The normalized spacial score (nSPS) is 12.6. The van der Waals surface area contributed by atoms with Gasteiger partial charge in [-0.1, -0.05) is 41.4 Å². The molecular formula is C26H23Cl2FN2O4S. The summed E-state index contributed by atoms with van der Waals surface area (Å²) in [6.45, 7) is 0.902. The largest absolute Gasteiger partial charge is 0.392 e. The molecule has 0 bridgehead atoms. The lowest BCUT2D eigenvalue weighted by molar-refractivity contribution is 0.194. The van der Waals surface area contributed by atoms with E-state index in [4.69, 9.17) is 23.2 Å². The van der Waals surface area contributed by atoms with Gasteiger partial charge in [0.2, 0.25) is 0 Å². The molecule has 4 aromatic rings. The Morgan fingerprint density at radius 1 is 1.06 bits per heavy atom. The number of aliphatic hydroxyl groups is 2. The van der Waals surface area contributed by atoms with Gasteiger partial charge in [-0.25, -0.2) is 17.8 Å². The molecule has 1 heterocycles. The van der Waals surface area contributed by atoms with Gasteiger partial charge in [-0.05, 0) is 60.0 Å². The molecule has 0 saturated carbocycles. The number of nitrogens with zero attached hydrogens (tertiary/aromatic N) is 2. The number of imidazole rings is 1. The van der Waals surface area contributed by atoms with Gasteiger partial charge in [-0.2, -0.15) is 0 Å². The number of halogens is 3. The molecule has 0 aliphatic heterocycles. The summed E-state index contributed by atoms with van der Waals surface area (Å²) in [6, 6.07) is 14.8. The van der Waals surface area contributed by atoms with Crippen molar-refractivity contribution in [2.45, 2.75) is 31.0 Å². The molecule has 0 radical (unpaired) electrons. The molecule has 0 aliphatic rings. The molecule has 10 heteroatoms. The van der Waals surface area contributed by atoms with Crippen LogP contribution in [0.15, 0.2) is 65.7 Å². The van der Waals surface area contributed by atoms with E-state index in [1.54, 1.807) is 49.5 Å². The van der Waals surface area contributed by atoms with Gasteiger partial charge < -0.3 is 14.8 Å². The molecule has 2 N–H and O–H groups in total. The number of hydrogen-bond acceptors (Lipinski definition) is 5. The highest BCUT2D eigenvalue weighted by molar-refractivity contribution is 7.90. The maximum absolute atomic E-state index is 14.6. The second-order valence-corrected chi connectivity index (χ2v) is 11.3. The van der Waals surface area contributed by atoms with Crippen LogP contribution in [-0.2, 0) is 22.9 Å². The van der Waals surface area contributed by atoms with Crippen LogP contribution in [0.25, 0.3) is 16.8 Å². The Bertz CT molecular complexity index is 1530. The fourth-order valence-corrected chi connectivity index (χ4v) is 5.33. The second kappa shape index (κ2) is 10.3. The maximum Gasteiger partial charge on any atom is 0.176 e. The summed E-state index contributed by atoms with van der Waals surface area (Å²) in [5.41, 5.74) is 2.72. The molecule has 1 atom stereocenters. The average molecular weight is 549 g/mol. The summed E-state index contributed by atoms with van der Waals surface area (Å²) in [4.78, 5) is 4.33. The summed E-state index contributed by atoms with van der Waals surface area (Å²) in [5, 5.41) is 20.6. The van der Waals surface area contributed by atoms with Crippen LogP contribution in [0.1, 0.15) is 35.7 Å². The smallest absolute Gasteiger partial charge is 0.176 e. The Hall–Kier alpha value is -2.75. The van der Waals surface area contributed by atoms with Gasteiger partial charge in [-0.15, -0.1) is 0 Å². The Balaban J connectivity index is 1.74. The van der Waals surface area contributed by atoms with E-state index in [1.807, 2.05) is 10.6 Å². The van der Waals surface area contributed by atoms with Gasteiger partial charge in [0.1, 0.15) is 11.6 Å². The zero-order chi connectivity index (χ0) is 26.2. The number of sulfone groups is 1. The van der Waals surface area contributed by atoms with Crippen LogP contribution in [0.4, 0.5) is 4.39 Å². The highest BCUT2D eigenvalue weighted by Gasteiger charge is 2.19. The summed E-state index contributed by atoms with van der Waals surface area (Å²) in [6.07, 6.45) is 2.31. The van der Waals surface area contributed by atoms with Crippen molar-refractivity contribution in [1.82, 2.24) is 9.55 Å². The van der Waals surface area contributed by atoms with Crippen molar-refractivity contribution in [1.29, 1.82) is 0 Å². The van der Waals surface area contributed by atoms with E-state index in [-0.39, 0.29) is 10.5 Å². The third-order valence-corrected chi connectivity index (χ3v) is 7.53. The van der Waals surface area contributed by atoms with Gasteiger partial charge >= 0.3 is 0 Å². The molecule has 0 aliphatic carbocycles. The summed E-state index contributed by atoms with van der Waals surface area (Å²) in [7, 11) is -3.75. The maximum atomic E-state index is 14.6. The number of rotatable bonds is 7. The highest BCUT2D eigenvalue weighted by atomic mass is 35.5. The van der Waals surface area contributed by atoms with E-state index in [2.05, 4.69) is 4.98 Å². The van der Waals surface area contributed by atoms with Gasteiger partial charge in [0.15, 0.2) is 9.84 Å². The van der Waals surface area contributed by atoms with Crippen molar-refractivity contribution >= 4 is 33.0 Å². The van der Waals surface area contributed by atoms with Crippen LogP contribution in [0.5, 0.6) is 0 Å². The molecular weight excluding hydrogens is 526 g/mol. The summed E-state index contributed by atoms with van der Waals surface area (Å²) >= 11 is 12.4. The Morgan fingerprint density at radius 2 is 1.75 bits per heavy atom. The average Bonchev–Trinajstić information content (AvgIpc) is 3.24. The van der Waals surface area contributed by atoms with E-state index >= 15 is 0 Å². The first kappa shape index (κ1) is 26.3. The zero-order valence-corrected chi connectivity index (χ0v) is 21.7. The van der Waals surface area contributed by atoms with Gasteiger partial charge in [-0.3, -0.25) is 0 Å². The van der Waals surface area contributed by atoms with E-state index in [1.165, 1.54) is 12.1 Å². The van der Waals surface area contributed by atoms with Crippen LogP contribution >= 0.6 is 23.2 Å². The van der Waals surface area contributed by atoms with Crippen molar-refractivity contribution in [2.24, 2.45) is 0 Å². The van der Waals surface area contributed by atoms with Crippen molar-refractivity contribution in [3.05, 3.63) is 99.3 Å². The van der Waals surface area contributed by atoms with E-state index in [9.17, 15) is 23.0 Å². The summed E-state index contributed by atoms with van der Waals surface area (Å²) in [5.74, 6) is -0.154. The van der Waals surface area contributed by atoms with Crippen molar-refractivity contribution < 1.29 is 23.0 Å². The standard InChI is InChI=1S/C26H23Cl2FN2O4S/c1-15(33)24-13-31(26(30-24)11-17-3-6-19(27)12-22(17)28)20-7-4-16(5-8-20)18-9-23(29)21(14-32)25(10-18)36(2,34)35/h3-10,12-13,15,32-33H,11,14H2,1-2H3. The number of benzene rings is 3. The third-order valence-electron chi connectivity index (χ3n) is 5.78. The lowest BCUT2D eigenvalue weighted by atomic mass is 10.0. The molecule has 1 unspecified atom stereocenters. The predicted molar refractivity (Wildman–Crippen MR) is 138 cm³/mol. The molecule has 1 aromatic heterocycles. The lowest BCUT2D eigenvalue weighted by Crippen LogP contribution is -2.06. The summed E-state index contributed by atoms with van der Waals surface area (Å²) < 4.78 is 40.7. The van der Waals surface area contributed by atoms with E-state index in [0.717, 1.165) is 17.5 Å². The molecule has 6 nitrogen and oxygen atoms in total. The third kappa shape index (κ3) is 5.48. The fourth-order valence-electron chi connectivity index (χ4n) is 3.90. The van der Waals surface area contributed by atoms with Crippen LogP contribution in [0.2, 0.25) is 10.0 Å². The second-order valence-electron chi connectivity index (χ2n) is 8.45. The molecule has 0 spiro atoms. The monoisotopic (exact) mass is 548 g/mol. The first-order valence-electron chi connectivity index (χ1n) is 10.9. The van der Waals surface area contributed by atoms with Gasteiger partial charge in [0.25, 0.3) is 0 Å². The molecule has 188 valence electrons. The first-order chi connectivity index (χ1) is 17.0. The number of aliphatic hydroxyl groups excluding tert-OH is 2. The molecule has 3 aromatic carbocycles.